The molecule has 6 nitrogen and oxygen atoms in total. The molecule has 6 heteroatoms. The second-order valence-corrected chi connectivity index (χ2v) is 6.14. The molecule has 21 heavy (non-hydrogen) atoms. The van der Waals surface area contributed by atoms with Crippen LogP contribution in [0.4, 0.5) is 5.69 Å². The van der Waals surface area contributed by atoms with Crippen molar-refractivity contribution < 1.29 is 19.2 Å². The van der Waals surface area contributed by atoms with Crippen LogP contribution in [0.2, 0.25) is 0 Å². The summed E-state index contributed by atoms with van der Waals surface area (Å²) < 4.78 is 10.8. The van der Waals surface area contributed by atoms with Crippen LogP contribution in [0, 0.1) is 16.0 Å². The summed E-state index contributed by atoms with van der Waals surface area (Å²) in [6.07, 6.45) is 0. The Kier molecular flexibility index (Phi) is 5.29. The van der Waals surface area contributed by atoms with E-state index in [2.05, 4.69) is 0 Å². The molecule has 0 saturated carbocycles. The Balaban J connectivity index is 3.11. The molecular weight excluding hydrogens is 274 g/mol. The zero-order valence-electron chi connectivity index (χ0n) is 13.0. The molecule has 0 aromatic heterocycles. The minimum absolute atomic E-state index is 0.124. The van der Waals surface area contributed by atoms with Gasteiger partial charge in [-0.1, -0.05) is 13.8 Å². The lowest BCUT2D eigenvalue weighted by molar-refractivity contribution is -0.384. The molecule has 0 heterocycles. The van der Waals surface area contributed by atoms with Crippen LogP contribution in [0.5, 0.6) is 5.75 Å². The van der Waals surface area contributed by atoms with Crippen LogP contribution >= 0.6 is 0 Å². The molecule has 0 spiro atoms. The van der Waals surface area contributed by atoms with Crippen molar-refractivity contribution in [2.24, 2.45) is 5.92 Å². The van der Waals surface area contributed by atoms with Gasteiger partial charge < -0.3 is 9.47 Å². The first kappa shape index (κ1) is 16.9. The molecule has 0 radical (unpaired) electrons. The highest BCUT2D eigenvalue weighted by Crippen LogP contribution is 2.27. The number of carbonyl (C=O) groups is 1. The zero-order valence-corrected chi connectivity index (χ0v) is 13.0. The molecule has 1 aromatic rings. The monoisotopic (exact) mass is 295 g/mol. The Labute approximate surface area is 124 Å². The first-order valence-electron chi connectivity index (χ1n) is 6.74. The topological polar surface area (TPSA) is 78.7 Å². The van der Waals surface area contributed by atoms with Crippen LogP contribution in [-0.4, -0.2) is 23.1 Å². The van der Waals surface area contributed by atoms with Gasteiger partial charge >= 0.3 is 5.97 Å². The summed E-state index contributed by atoms with van der Waals surface area (Å²) in [4.78, 5) is 22.4. The van der Waals surface area contributed by atoms with Crippen LogP contribution in [0.15, 0.2) is 18.2 Å². The highest BCUT2D eigenvalue weighted by Gasteiger charge is 2.23. The number of hydrogen-bond acceptors (Lipinski definition) is 5. The molecule has 0 aliphatic rings. The average Bonchev–Trinajstić information content (AvgIpc) is 2.33. The third-order valence-corrected chi connectivity index (χ3v) is 2.37. The Morgan fingerprint density at radius 1 is 1.33 bits per heavy atom. The standard InChI is InChI=1S/C15H21NO5/c1-10(2)9-20-13-8-11(16(18)19)6-7-12(13)14(17)21-15(3,4)5/h6-8,10H,9H2,1-5H3. The second-order valence-electron chi connectivity index (χ2n) is 6.14. The maximum atomic E-state index is 12.1. The van der Waals surface area contributed by atoms with Gasteiger partial charge in [0.15, 0.2) is 0 Å². The van der Waals surface area contributed by atoms with Crippen LogP contribution < -0.4 is 4.74 Å². The Hall–Kier alpha value is -2.11. The van der Waals surface area contributed by atoms with Crippen molar-refractivity contribution in [1.29, 1.82) is 0 Å². The average molecular weight is 295 g/mol. The summed E-state index contributed by atoms with van der Waals surface area (Å²) in [6, 6.07) is 3.88. The second kappa shape index (κ2) is 6.56. The number of carbonyl (C=O) groups excluding carboxylic acids is 1. The third kappa shape index (κ3) is 5.41. The number of nitrogens with zero attached hydrogens (tertiary/aromatic N) is 1. The fourth-order valence-electron chi connectivity index (χ4n) is 1.50. The van der Waals surface area contributed by atoms with Crippen molar-refractivity contribution in [1.82, 2.24) is 0 Å². The SMILES string of the molecule is CC(C)COc1cc([N+](=O)[O-])ccc1C(=O)OC(C)(C)C. The highest BCUT2D eigenvalue weighted by molar-refractivity contribution is 5.93. The molecule has 0 aliphatic heterocycles. The summed E-state index contributed by atoms with van der Waals surface area (Å²) in [5.41, 5.74) is -0.578. The predicted molar refractivity (Wildman–Crippen MR) is 78.6 cm³/mol. The number of esters is 1. The smallest absolute Gasteiger partial charge is 0.342 e. The van der Waals surface area contributed by atoms with Crippen LogP contribution in [-0.2, 0) is 4.74 Å². The molecule has 0 bridgehead atoms. The van der Waals surface area contributed by atoms with Crippen molar-refractivity contribution in [3.8, 4) is 5.75 Å². The summed E-state index contributed by atoms with van der Waals surface area (Å²) in [7, 11) is 0. The van der Waals surface area contributed by atoms with E-state index in [1.54, 1.807) is 20.8 Å². The highest BCUT2D eigenvalue weighted by atomic mass is 16.6. The van der Waals surface area contributed by atoms with Gasteiger partial charge in [0, 0.05) is 6.07 Å². The van der Waals surface area contributed by atoms with Gasteiger partial charge in [0.1, 0.15) is 16.9 Å². The normalized spacial score (nSPS) is 11.3. The van der Waals surface area contributed by atoms with Crippen molar-refractivity contribution in [3.05, 3.63) is 33.9 Å². The van der Waals surface area contributed by atoms with Crippen LogP contribution in [0.1, 0.15) is 45.0 Å². The van der Waals surface area contributed by atoms with Gasteiger partial charge in [0.05, 0.1) is 17.6 Å². The van der Waals surface area contributed by atoms with E-state index in [1.807, 2.05) is 13.8 Å². The van der Waals surface area contributed by atoms with E-state index in [0.717, 1.165) is 0 Å². The number of nitro groups is 1. The van der Waals surface area contributed by atoms with Crippen molar-refractivity contribution >= 4 is 11.7 Å². The molecule has 0 atom stereocenters. The van der Waals surface area contributed by atoms with Gasteiger partial charge in [0.25, 0.3) is 5.69 Å². The molecule has 0 aliphatic carbocycles. The molecule has 0 N–H and O–H groups in total. The number of hydrogen-bond donors (Lipinski definition) is 0. The van der Waals surface area contributed by atoms with E-state index in [4.69, 9.17) is 9.47 Å². The summed E-state index contributed by atoms with van der Waals surface area (Å²) in [5.74, 6) is -0.154. The van der Waals surface area contributed by atoms with Gasteiger partial charge in [-0.3, -0.25) is 10.1 Å². The zero-order chi connectivity index (χ0) is 16.2. The van der Waals surface area contributed by atoms with Crippen LogP contribution in [0.3, 0.4) is 0 Å². The number of ether oxygens (including phenoxy) is 2. The lowest BCUT2D eigenvalue weighted by atomic mass is 10.1. The minimum Gasteiger partial charge on any atom is -0.492 e. The Morgan fingerprint density at radius 2 is 1.95 bits per heavy atom. The fourth-order valence-corrected chi connectivity index (χ4v) is 1.50. The minimum atomic E-state index is -0.645. The largest absolute Gasteiger partial charge is 0.492 e. The Bertz CT molecular complexity index is 531. The molecule has 0 fully saturated rings. The van der Waals surface area contributed by atoms with Gasteiger partial charge in [-0.15, -0.1) is 0 Å². The van der Waals surface area contributed by atoms with Gasteiger partial charge in [-0.25, -0.2) is 4.79 Å². The van der Waals surface area contributed by atoms with E-state index < -0.39 is 16.5 Å². The number of nitro benzene ring substituents is 1. The quantitative estimate of drug-likeness (QED) is 0.471. The Morgan fingerprint density at radius 3 is 2.43 bits per heavy atom. The summed E-state index contributed by atoms with van der Waals surface area (Å²) in [6.45, 7) is 9.52. The van der Waals surface area contributed by atoms with E-state index >= 15 is 0 Å². The molecule has 0 amide bonds. The number of non-ortho nitro benzene ring substituents is 1. The molecule has 1 aromatic carbocycles. The molecule has 0 saturated heterocycles. The van der Waals surface area contributed by atoms with E-state index in [0.29, 0.717) is 6.61 Å². The summed E-state index contributed by atoms with van der Waals surface area (Å²) >= 11 is 0. The predicted octanol–water partition coefficient (Wildman–Crippen LogP) is 3.58. The van der Waals surface area contributed by atoms with Crippen LogP contribution in [0.25, 0.3) is 0 Å². The maximum Gasteiger partial charge on any atom is 0.342 e. The van der Waals surface area contributed by atoms with E-state index in [-0.39, 0.29) is 22.9 Å². The van der Waals surface area contributed by atoms with Crippen molar-refractivity contribution in [2.75, 3.05) is 6.61 Å². The summed E-state index contributed by atoms with van der Waals surface area (Å²) in [5, 5.41) is 10.8. The third-order valence-electron chi connectivity index (χ3n) is 2.37. The molecule has 116 valence electrons. The lowest BCUT2D eigenvalue weighted by Gasteiger charge is -2.20. The van der Waals surface area contributed by atoms with Crippen molar-refractivity contribution in [2.45, 2.75) is 40.2 Å². The first-order chi connectivity index (χ1) is 9.60. The molecule has 1 rings (SSSR count). The van der Waals surface area contributed by atoms with Gasteiger partial charge in [-0.05, 0) is 32.8 Å². The maximum absolute atomic E-state index is 12.1. The van der Waals surface area contributed by atoms with Gasteiger partial charge in [-0.2, -0.15) is 0 Å². The van der Waals surface area contributed by atoms with Crippen molar-refractivity contribution in [3.63, 3.8) is 0 Å². The molecular formula is C15H21NO5. The van der Waals surface area contributed by atoms with E-state index in [9.17, 15) is 14.9 Å². The van der Waals surface area contributed by atoms with E-state index in [1.165, 1.54) is 18.2 Å². The molecule has 0 unspecified atom stereocenters. The number of benzene rings is 1. The number of rotatable bonds is 5. The lowest BCUT2D eigenvalue weighted by Crippen LogP contribution is -2.24. The van der Waals surface area contributed by atoms with Gasteiger partial charge in [0.2, 0.25) is 0 Å². The first-order valence-corrected chi connectivity index (χ1v) is 6.74. The fraction of sp³-hybridized carbons (Fsp3) is 0.533.